The molecule has 2 heterocycles. The number of carbonyl (C=O) groups excluding carboxylic acids is 1. The molecule has 100 valence electrons. The second kappa shape index (κ2) is 7.92. The molecule has 0 saturated heterocycles. The van der Waals surface area contributed by atoms with Crippen molar-refractivity contribution in [3.8, 4) is 0 Å². The molecule has 0 aliphatic rings. The van der Waals surface area contributed by atoms with E-state index in [9.17, 15) is 4.79 Å². The molecule has 0 radical (unpaired) electrons. The van der Waals surface area contributed by atoms with Crippen LogP contribution < -0.4 is 11.1 Å². The molecular formula is C11H16Cl2N4O. The standard InChI is InChI=1S/C11H14N4O.2ClH/c12-4-1-5-14-11(16)9-2-3-10-13-6-7-15(10)8-9;;/h2-3,6-8H,1,4-5,12H2,(H,14,16);2*1H. The summed E-state index contributed by atoms with van der Waals surface area (Å²) < 4.78 is 1.82. The van der Waals surface area contributed by atoms with E-state index in [4.69, 9.17) is 5.73 Å². The predicted molar refractivity (Wildman–Crippen MR) is 75.7 cm³/mol. The predicted octanol–water partition coefficient (Wildman–Crippen LogP) is 1.26. The second-order valence-corrected chi connectivity index (χ2v) is 3.51. The summed E-state index contributed by atoms with van der Waals surface area (Å²) in [4.78, 5) is 15.8. The van der Waals surface area contributed by atoms with Crippen molar-refractivity contribution in [3.63, 3.8) is 0 Å². The van der Waals surface area contributed by atoms with Gasteiger partial charge in [0.05, 0.1) is 5.56 Å². The third-order valence-electron chi connectivity index (χ3n) is 2.32. The summed E-state index contributed by atoms with van der Waals surface area (Å²) in [5, 5.41) is 2.80. The topological polar surface area (TPSA) is 72.4 Å². The molecule has 0 aliphatic heterocycles. The zero-order valence-electron chi connectivity index (χ0n) is 9.70. The highest BCUT2D eigenvalue weighted by Crippen LogP contribution is 2.04. The summed E-state index contributed by atoms with van der Waals surface area (Å²) in [6.45, 7) is 1.19. The van der Waals surface area contributed by atoms with Crippen molar-refractivity contribution in [2.45, 2.75) is 6.42 Å². The van der Waals surface area contributed by atoms with Gasteiger partial charge in [-0.3, -0.25) is 4.79 Å². The zero-order valence-corrected chi connectivity index (χ0v) is 11.3. The number of hydrogen-bond donors (Lipinski definition) is 2. The van der Waals surface area contributed by atoms with Gasteiger partial charge in [-0.25, -0.2) is 4.98 Å². The molecule has 0 saturated carbocycles. The number of imidazole rings is 1. The molecule has 0 bridgehead atoms. The minimum Gasteiger partial charge on any atom is -0.352 e. The fraction of sp³-hybridized carbons (Fsp3) is 0.273. The maximum absolute atomic E-state index is 11.7. The van der Waals surface area contributed by atoms with E-state index in [-0.39, 0.29) is 30.7 Å². The monoisotopic (exact) mass is 290 g/mol. The highest BCUT2D eigenvalue weighted by Gasteiger charge is 2.05. The van der Waals surface area contributed by atoms with Crippen molar-refractivity contribution >= 4 is 36.4 Å². The van der Waals surface area contributed by atoms with Gasteiger partial charge in [0.2, 0.25) is 0 Å². The summed E-state index contributed by atoms with van der Waals surface area (Å²) in [6, 6.07) is 3.58. The minimum absolute atomic E-state index is 0. The Kier molecular flexibility index (Phi) is 7.35. The number of nitrogens with zero attached hydrogens (tertiary/aromatic N) is 2. The van der Waals surface area contributed by atoms with Crippen LogP contribution >= 0.6 is 24.8 Å². The third kappa shape index (κ3) is 3.87. The van der Waals surface area contributed by atoms with Gasteiger partial charge in [-0.05, 0) is 25.1 Å². The first-order valence-corrected chi connectivity index (χ1v) is 5.22. The number of halogens is 2. The molecule has 7 heteroatoms. The second-order valence-electron chi connectivity index (χ2n) is 3.51. The van der Waals surface area contributed by atoms with Gasteiger partial charge in [-0.1, -0.05) is 0 Å². The van der Waals surface area contributed by atoms with Crippen LogP contribution in [-0.4, -0.2) is 28.4 Å². The van der Waals surface area contributed by atoms with Gasteiger partial charge >= 0.3 is 0 Å². The van der Waals surface area contributed by atoms with Crippen LogP contribution in [0.2, 0.25) is 0 Å². The largest absolute Gasteiger partial charge is 0.352 e. The lowest BCUT2D eigenvalue weighted by Crippen LogP contribution is -2.26. The van der Waals surface area contributed by atoms with Gasteiger partial charge in [-0.15, -0.1) is 24.8 Å². The summed E-state index contributed by atoms with van der Waals surface area (Å²) in [6.07, 6.45) is 6.07. The van der Waals surface area contributed by atoms with Crippen LogP contribution in [0.15, 0.2) is 30.7 Å². The molecule has 1 amide bonds. The molecule has 5 nitrogen and oxygen atoms in total. The fourth-order valence-electron chi connectivity index (χ4n) is 1.46. The molecule has 2 aromatic heterocycles. The number of pyridine rings is 1. The lowest BCUT2D eigenvalue weighted by Gasteiger charge is -2.04. The Morgan fingerprint density at radius 1 is 1.39 bits per heavy atom. The molecular weight excluding hydrogens is 275 g/mol. The molecule has 0 aromatic carbocycles. The molecule has 2 aromatic rings. The van der Waals surface area contributed by atoms with Gasteiger partial charge < -0.3 is 15.5 Å². The van der Waals surface area contributed by atoms with Crippen molar-refractivity contribution in [3.05, 3.63) is 36.3 Å². The Labute approximate surface area is 118 Å². The van der Waals surface area contributed by atoms with E-state index >= 15 is 0 Å². The van der Waals surface area contributed by atoms with Gasteiger partial charge in [0.15, 0.2) is 0 Å². The molecule has 0 spiro atoms. The molecule has 0 atom stereocenters. The highest BCUT2D eigenvalue weighted by molar-refractivity contribution is 5.94. The maximum Gasteiger partial charge on any atom is 0.252 e. The van der Waals surface area contributed by atoms with Gasteiger partial charge in [0.1, 0.15) is 5.65 Å². The molecule has 0 aliphatic carbocycles. The minimum atomic E-state index is -0.0796. The molecule has 0 fully saturated rings. The lowest BCUT2D eigenvalue weighted by molar-refractivity contribution is 0.0953. The Morgan fingerprint density at radius 2 is 2.17 bits per heavy atom. The average molecular weight is 291 g/mol. The molecule has 2 rings (SSSR count). The lowest BCUT2D eigenvalue weighted by atomic mass is 10.2. The number of fused-ring (bicyclic) bond motifs is 1. The first-order chi connectivity index (χ1) is 7.81. The van der Waals surface area contributed by atoms with Crippen LogP contribution in [0.3, 0.4) is 0 Å². The Balaban J connectivity index is 0.00000144. The SMILES string of the molecule is Cl.Cl.NCCCNC(=O)c1ccc2nccn2c1. The van der Waals surface area contributed by atoms with E-state index in [0.29, 0.717) is 18.7 Å². The number of amides is 1. The van der Waals surface area contributed by atoms with E-state index in [1.165, 1.54) is 0 Å². The van der Waals surface area contributed by atoms with Crippen LogP contribution in [0.25, 0.3) is 5.65 Å². The van der Waals surface area contributed by atoms with E-state index in [2.05, 4.69) is 10.3 Å². The summed E-state index contributed by atoms with van der Waals surface area (Å²) in [5.74, 6) is -0.0796. The quantitative estimate of drug-likeness (QED) is 0.833. The Bertz CT molecular complexity index is 501. The number of aromatic nitrogens is 2. The Morgan fingerprint density at radius 3 is 2.89 bits per heavy atom. The summed E-state index contributed by atoms with van der Waals surface area (Å²) >= 11 is 0. The average Bonchev–Trinajstić information content (AvgIpc) is 2.76. The zero-order chi connectivity index (χ0) is 11.4. The van der Waals surface area contributed by atoms with Gasteiger partial charge in [0.25, 0.3) is 5.91 Å². The fourth-order valence-corrected chi connectivity index (χ4v) is 1.46. The molecule has 0 unspecified atom stereocenters. The highest BCUT2D eigenvalue weighted by atomic mass is 35.5. The molecule has 3 N–H and O–H groups in total. The van der Waals surface area contributed by atoms with E-state index in [1.54, 1.807) is 18.5 Å². The number of rotatable bonds is 4. The van der Waals surface area contributed by atoms with Crippen LogP contribution in [0.1, 0.15) is 16.8 Å². The number of carbonyl (C=O) groups is 1. The number of hydrogen-bond acceptors (Lipinski definition) is 3. The van der Waals surface area contributed by atoms with Crippen LogP contribution in [0, 0.1) is 0 Å². The Hall–Kier alpha value is -1.30. The van der Waals surface area contributed by atoms with E-state index < -0.39 is 0 Å². The van der Waals surface area contributed by atoms with Crippen molar-refractivity contribution in [1.82, 2.24) is 14.7 Å². The van der Waals surface area contributed by atoms with E-state index in [0.717, 1.165) is 12.1 Å². The summed E-state index contributed by atoms with van der Waals surface area (Å²) in [5.41, 5.74) is 6.81. The smallest absolute Gasteiger partial charge is 0.252 e. The van der Waals surface area contributed by atoms with Crippen molar-refractivity contribution in [2.24, 2.45) is 5.73 Å². The van der Waals surface area contributed by atoms with Crippen LogP contribution in [0.4, 0.5) is 0 Å². The number of nitrogens with two attached hydrogens (primary N) is 1. The van der Waals surface area contributed by atoms with E-state index in [1.807, 2.05) is 16.7 Å². The van der Waals surface area contributed by atoms with Crippen molar-refractivity contribution < 1.29 is 4.79 Å². The molecule has 18 heavy (non-hydrogen) atoms. The van der Waals surface area contributed by atoms with Gasteiger partial charge in [-0.2, -0.15) is 0 Å². The van der Waals surface area contributed by atoms with Gasteiger partial charge in [0, 0.05) is 25.1 Å². The maximum atomic E-state index is 11.7. The third-order valence-corrected chi connectivity index (χ3v) is 2.32. The summed E-state index contributed by atoms with van der Waals surface area (Å²) in [7, 11) is 0. The normalized spacial score (nSPS) is 9.39. The van der Waals surface area contributed by atoms with Crippen LogP contribution in [0.5, 0.6) is 0 Å². The van der Waals surface area contributed by atoms with Crippen LogP contribution in [-0.2, 0) is 0 Å². The first-order valence-electron chi connectivity index (χ1n) is 5.22. The first kappa shape index (κ1) is 16.7. The van der Waals surface area contributed by atoms with Crippen molar-refractivity contribution in [1.29, 1.82) is 0 Å². The number of nitrogens with one attached hydrogen (secondary N) is 1. The van der Waals surface area contributed by atoms with Crippen molar-refractivity contribution in [2.75, 3.05) is 13.1 Å².